The number of halogens is 1. The molecule has 4 heteroatoms. The number of hydrogen-bond donors (Lipinski definition) is 0. The van der Waals surface area contributed by atoms with Gasteiger partial charge in [-0.05, 0) is 25.5 Å². The molecule has 1 aromatic heterocycles. The molecule has 98 valence electrons. The Hall–Kier alpha value is -1.29. The van der Waals surface area contributed by atoms with Gasteiger partial charge in [-0.1, -0.05) is 11.6 Å². The molecule has 0 aliphatic heterocycles. The highest BCUT2D eigenvalue weighted by Gasteiger charge is 2.10. The van der Waals surface area contributed by atoms with E-state index in [0.717, 1.165) is 12.3 Å². The van der Waals surface area contributed by atoms with Crippen molar-refractivity contribution in [2.75, 3.05) is 7.11 Å². The summed E-state index contributed by atoms with van der Waals surface area (Å²) in [6, 6.07) is 4.34. The number of methoxy groups -OCH3 is 1. The quantitative estimate of drug-likeness (QED) is 0.665. The molecule has 0 saturated heterocycles. The highest BCUT2D eigenvalue weighted by atomic mass is 79.9. The zero-order valence-electron chi connectivity index (χ0n) is 11.3. The summed E-state index contributed by atoms with van der Waals surface area (Å²) < 4.78 is 9.68. The zero-order valence-corrected chi connectivity index (χ0v) is 12.9. The van der Waals surface area contributed by atoms with Crippen LogP contribution in [0.4, 0.5) is 0 Å². The van der Waals surface area contributed by atoms with Gasteiger partial charge in [0.05, 0.1) is 14.2 Å². The number of aryl methyl sites for hydroxylation is 3. The minimum Gasteiger partial charge on any atom is -1.00 e. The molecule has 0 N–H and O–H groups in total. The summed E-state index contributed by atoms with van der Waals surface area (Å²) in [7, 11) is 3.76. The smallest absolute Gasteiger partial charge is 0.243 e. The first-order valence-electron chi connectivity index (χ1n) is 5.75. The van der Waals surface area contributed by atoms with E-state index in [9.17, 15) is 0 Å². The second-order valence-electron chi connectivity index (χ2n) is 4.53. The third kappa shape index (κ3) is 3.13. The molecule has 0 aliphatic rings. The first-order valence-corrected chi connectivity index (χ1v) is 5.75. The summed E-state index contributed by atoms with van der Waals surface area (Å²) in [5.74, 6) is 0.993. The van der Waals surface area contributed by atoms with Crippen LogP contribution in [0.1, 0.15) is 16.7 Å². The number of aromatic nitrogens is 2. The Labute approximate surface area is 119 Å². The summed E-state index contributed by atoms with van der Waals surface area (Å²) in [6.07, 6.45) is 6.17. The van der Waals surface area contributed by atoms with E-state index in [4.69, 9.17) is 4.74 Å². The first kappa shape index (κ1) is 14.8. The van der Waals surface area contributed by atoms with E-state index < -0.39 is 0 Å². The fourth-order valence-corrected chi connectivity index (χ4v) is 2.24. The Morgan fingerprint density at radius 3 is 2.56 bits per heavy atom. The molecule has 0 radical (unpaired) electrons. The zero-order chi connectivity index (χ0) is 12.4. The van der Waals surface area contributed by atoms with Gasteiger partial charge < -0.3 is 21.7 Å². The molecule has 0 spiro atoms. The summed E-state index contributed by atoms with van der Waals surface area (Å²) in [5, 5.41) is 0. The molecule has 2 rings (SSSR count). The van der Waals surface area contributed by atoms with E-state index in [-0.39, 0.29) is 17.0 Å². The SMILES string of the molecule is COc1c(C)cc(C)cc1Cn1cc[n+](C)c1.[Br-]. The molecule has 1 heterocycles. The van der Waals surface area contributed by atoms with Gasteiger partial charge in [0.25, 0.3) is 0 Å². The second kappa shape index (κ2) is 6.05. The summed E-state index contributed by atoms with van der Waals surface area (Å²) in [5.41, 5.74) is 3.69. The van der Waals surface area contributed by atoms with E-state index in [1.807, 2.05) is 17.8 Å². The van der Waals surface area contributed by atoms with Crippen LogP contribution in [0.5, 0.6) is 5.75 Å². The number of hydrogen-bond acceptors (Lipinski definition) is 1. The summed E-state index contributed by atoms with van der Waals surface area (Å²) in [6.45, 7) is 5.04. The van der Waals surface area contributed by atoms with E-state index in [0.29, 0.717) is 0 Å². The van der Waals surface area contributed by atoms with Crippen LogP contribution < -0.4 is 26.3 Å². The van der Waals surface area contributed by atoms with Gasteiger partial charge in [-0.15, -0.1) is 0 Å². The monoisotopic (exact) mass is 310 g/mol. The standard InChI is InChI=1S/C14H19N2O.BrH/c1-11-7-12(2)14(17-4)13(8-11)9-16-6-5-15(3)10-16;/h5-8,10H,9H2,1-4H3;1H/q+1;/p-1. The number of nitrogens with zero attached hydrogens (tertiary/aromatic N) is 2. The van der Waals surface area contributed by atoms with Gasteiger partial charge in [0.1, 0.15) is 24.7 Å². The van der Waals surface area contributed by atoms with E-state index in [2.05, 4.69) is 43.1 Å². The van der Waals surface area contributed by atoms with Crippen molar-refractivity contribution < 1.29 is 26.3 Å². The second-order valence-corrected chi connectivity index (χ2v) is 4.53. The van der Waals surface area contributed by atoms with Gasteiger partial charge in [0.2, 0.25) is 6.33 Å². The highest BCUT2D eigenvalue weighted by Crippen LogP contribution is 2.25. The summed E-state index contributed by atoms with van der Waals surface area (Å²) in [4.78, 5) is 0. The van der Waals surface area contributed by atoms with Crippen molar-refractivity contribution in [3.63, 3.8) is 0 Å². The molecule has 0 unspecified atom stereocenters. The van der Waals surface area contributed by atoms with E-state index in [1.165, 1.54) is 16.7 Å². The van der Waals surface area contributed by atoms with Gasteiger partial charge in [0, 0.05) is 5.56 Å². The molecule has 18 heavy (non-hydrogen) atoms. The first-order chi connectivity index (χ1) is 8.10. The van der Waals surface area contributed by atoms with Crippen LogP contribution in [-0.4, -0.2) is 11.7 Å². The van der Waals surface area contributed by atoms with Crippen LogP contribution in [0.3, 0.4) is 0 Å². The number of ether oxygens (including phenoxy) is 1. The predicted molar refractivity (Wildman–Crippen MR) is 67.2 cm³/mol. The van der Waals surface area contributed by atoms with Crippen LogP contribution in [-0.2, 0) is 13.6 Å². The Morgan fingerprint density at radius 1 is 1.28 bits per heavy atom. The highest BCUT2D eigenvalue weighted by molar-refractivity contribution is 5.43. The van der Waals surface area contributed by atoms with Gasteiger partial charge in [0.15, 0.2) is 0 Å². The van der Waals surface area contributed by atoms with Gasteiger partial charge in [-0.25, -0.2) is 9.13 Å². The largest absolute Gasteiger partial charge is 1.00 e. The predicted octanol–water partition coefficient (Wildman–Crippen LogP) is -1.01. The van der Waals surface area contributed by atoms with Crippen LogP contribution in [0.15, 0.2) is 30.9 Å². The normalized spacial score (nSPS) is 10.0. The van der Waals surface area contributed by atoms with Crippen LogP contribution >= 0.6 is 0 Å². The van der Waals surface area contributed by atoms with Gasteiger partial charge in [-0.2, -0.15) is 0 Å². The molecule has 0 fully saturated rings. The van der Waals surface area contributed by atoms with Crippen molar-refractivity contribution in [2.45, 2.75) is 20.4 Å². The third-order valence-electron chi connectivity index (χ3n) is 2.88. The maximum atomic E-state index is 5.49. The lowest BCUT2D eigenvalue weighted by Gasteiger charge is -2.11. The van der Waals surface area contributed by atoms with Crippen molar-refractivity contribution in [3.05, 3.63) is 47.5 Å². The molecule has 0 saturated carbocycles. The molecule has 2 aromatic rings. The number of imidazole rings is 1. The van der Waals surface area contributed by atoms with Crippen LogP contribution in [0, 0.1) is 13.8 Å². The molecule has 0 aliphatic carbocycles. The lowest BCUT2D eigenvalue weighted by atomic mass is 10.1. The number of rotatable bonds is 3. The van der Waals surface area contributed by atoms with Crippen molar-refractivity contribution in [3.8, 4) is 5.75 Å². The van der Waals surface area contributed by atoms with E-state index >= 15 is 0 Å². The molecule has 1 aromatic carbocycles. The minimum atomic E-state index is 0. The fourth-order valence-electron chi connectivity index (χ4n) is 2.24. The summed E-state index contributed by atoms with van der Waals surface area (Å²) >= 11 is 0. The molecule has 3 nitrogen and oxygen atoms in total. The molecular formula is C14H19BrN2O. The third-order valence-corrected chi connectivity index (χ3v) is 2.88. The van der Waals surface area contributed by atoms with Gasteiger partial charge >= 0.3 is 0 Å². The molecule has 0 bridgehead atoms. The Kier molecular flexibility index (Phi) is 4.96. The van der Waals surface area contributed by atoms with Crippen LogP contribution in [0.2, 0.25) is 0 Å². The minimum absolute atomic E-state index is 0. The average molecular weight is 311 g/mol. The lowest BCUT2D eigenvalue weighted by molar-refractivity contribution is -0.671. The Bertz CT molecular complexity index is 535. The average Bonchev–Trinajstić information content (AvgIpc) is 2.63. The maximum absolute atomic E-state index is 5.49. The molecule has 0 amide bonds. The van der Waals surface area contributed by atoms with E-state index in [1.54, 1.807) is 7.11 Å². The van der Waals surface area contributed by atoms with Gasteiger partial charge in [-0.3, -0.25) is 0 Å². The van der Waals surface area contributed by atoms with Crippen molar-refractivity contribution in [1.82, 2.24) is 4.57 Å². The number of benzene rings is 1. The lowest BCUT2D eigenvalue weighted by Crippen LogP contribution is -3.00. The topological polar surface area (TPSA) is 18.0 Å². The Morgan fingerprint density at radius 2 is 2.00 bits per heavy atom. The van der Waals surface area contributed by atoms with Crippen LogP contribution in [0.25, 0.3) is 0 Å². The molecular weight excluding hydrogens is 292 g/mol. The van der Waals surface area contributed by atoms with Crippen molar-refractivity contribution >= 4 is 0 Å². The van der Waals surface area contributed by atoms with Crippen molar-refractivity contribution in [2.24, 2.45) is 7.05 Å². The Balaban J connectivity index is 0.00000162. The molecule has 0 atom stereocenters. The van der Waals surface area contributed by atoms with Crippen molar-refractivity contribution in [1.29, 1.82) is 0 Å². The fraction of sp³-hybridized carbons (Fsp3) is 0.357. The maximum Gasteiger partial charge on any atom is 0.243 e.